The van der Waals surface area contributed by atoms with E-state index >= 15 is 0 Å². The van der Waals surface area contributed by atoms with Gasteiger partial charge in [-0.15, -0.1) is 11.3 Å². The number of carbonyl (C=O) groups excluding carboxylic acids is 2. The molecule has 0 saturated carbocycles. The van der Waals surface area contributed by atoms with Crippen molar-refractivity contribution < 1.29 is 18.7 Å². The van der Waals surface area contributed by atoms with E-state index in [1.54, 1.807) is 17.5 Å². The Kier molecular flexibility index (Phi) is 5.97. The number of nitrogens with zero attached hydrogens (tertiary/aromatic N) is 2. The maximum atomic E-state index is 12.8. The van der Waals surface area contributed by atoms with Crippen molar-refractivity contribution in [1.82, 2.24) is 21.2 Å². The smallest absolute Gasteiger partial charge is 0.333 e. The molecule has 0 aliphatic carbocycles. The topological polar surface area (TPSA) is 95.6 Å². The van der Waals surface area contributed by atoms with E-state index in [0.29, 0.717) is 13.2 Å². The van der Waals surface area contributed by atoms with E-state index in [1.807, 2.05) is 4.90 Å². The molecule has 0 bridgehead atoms. The lowest BCUT2D eigenvalue weighted by Crippen LogP contribution is -2.46. The van der Waals surface area contributed by atoms with E-state index < -0.39 is 11.9 Å². The summed E-state index contributed by atoms with van der Waals surface area (Å²) in [6.45, 7) is 2.95. The van der Waals surface area contributed by atoms with E-state index in [0.717, 1.165) is 23.8 Å². The first-order chi connectivity index (χ1) is 12.6. The minimum absolute atomic E-state index is 0.208. The lowest BCUT2D eigenvalue weighted by Gasteiger charge is -2.25. The molecule has 26 heavy (non-hydrogen) atoms. The number of halogens is 1. The second-order valence-corrected chi connectivity index (χ2v) is 6.34. The maximum Gasteiger partial charge on any atom is 0.333 e. The molecule has 1 aromatic heterocycles. The maximum absolute atomic E-state index is 12.8. The number of anilines is 1. The molecule has 138 valence electrons. The van der Waals surface area contributed by atoms with E-state index in [-0.39, 0.29) is 18.1 Å². The highest BCUT2D eigenvalue weighted by Crippen LogP contribution is 2.21. The van der Waals surface area contributed by atoms with Gasteiger partial charge >= 0.3 is 6.03 Å². The number of urea groups is 1. The summed E-state index contributed by atoms with van der Waals surface area (Å²) < 4.78 is 18.1. The van der Waals surface area contributed by atoms with Gasteiger partial charge in [0.25, 0.3) is 5.91 Å². The summed E-state index contributed by atoms with van der Waals surface area (Å²) in [5, 5.41) is 4.94. The first-order valence-corrected chi connectivity index (χ1v) is 8.86. The second-order valence-electron chi connectivity index (χ2n) is 5.50. The van der Waals surface area contributed by atoms with Gasteiger partial charge in [-0.2, -0.15) is 0 Å². The molecule has 0 unspecified atom stereocenters. The van der Waals surface area contributed by atoms with Crippen molar-refractivity contribution in [1.29, 1.82) is 0 Å². The molecule has 0 radical (unpaired) electrons. The van der Waals surface area contributed by atoms with Gasteiger partial charge in [-0.1, -0.05) is 12.1 Å². The number of rotatable bonds is 4. The van der Waals surface area contributed by atoms with Crippen molar-refractivity contribution in [2.24, 2.45) is 0 Å². The molecule has 3 rings (SSSR count). The third-order valence-electron chi connectivity index (χ3n) is 3.66. The lowest BCUT2D eigenvalue weighted by molar-refractivity contribution is 0.0932. The van der Waals surface area contributed by atoms with Crippen molar-refractivity contribution in [3.63, 3.8) is 0 Å². The van der Waals surface area contributed by atoms with Crippen LogP contribution in [0.2, 0.25) is 0 Å². The average molecular weight is 379 g/mol. The summed E-state index contributed by atoms with van der Waals surface area (Å²) >= 11 is 1.37. The number of amides is 3. The van der Waals surface area contributed by atoms with Crippen molar-refractivity contribution in [3.05, 3.63) is 46.7 Å². The fraction of sp³-hybridized carbons (Fsp3) is 0.312. The molecule has 1 aromatic carbocycles. The third kappa shape index (κ3) is 4.90. The Labute approximate surface area is 153 Å². The molecule has 1 fully saturated rings. The van der Waals surface area contributed by atoms with Gasteiger partial charge in [-0.05, 0) is 17.7 Å². The highest BCUT2D eigenvalue weighted by Gasteiger charge is 2.17. The Morgan fingerprint density at radius 2 is 1.92 bits per heavy atom. The number of hydrogen-bond acceptors (Lipinski definition) is 6. The Balaban J connectivity index is 1.43. The molecule has 2 aromatic rings. The average Bonchev–Trinajstić information content (AvgIpc) is 3.17. The molecule has 8 nitrogen and oxygen atoms in total. The van der Waals surface area contributed by atoms with Crippen molar-refractivity contribution in [2.45, 2.75) is 6.54 Å². The number of ether oxygens (including phenoxy) is 1. The highest BCUT2D eigenvalue weighted by molar-refractivity contribution is 7.13. The van der Waals surface area contributed by atoms with Crippen molar-refractivity contribution in [3.8, 4) is 0 Å². The summed E-state index contributed by atoms with van der Waals surface area (Å²) in [5.41, 5.74) is 5.53. The van der Waals surface area contributed by atoms with Gasteiger partial charge in [0.15, 0.2) is 5.13 Å². The Morgan fingerprint density at radius 3 is 2.65 bits per heavy atom. The van der Waals surface area contributed by atoms with Gasteiger partial charge in [-0.3, -0.25) is 10.2 Å². The SMILES string of the molecule is O=C(NCc1ccc(F)cc1)NNC(=O)c1csc(N2CCOCC2)n1. The van der Waals surface area contributed by atoms with Gasteiger partial charge in [0.1, 0.15) is 11.5 Å². The van der Waals surface area contributed by atoms with Crippen LogP contribution in [0.3, 0.4) is 0 Å². The second kappa shape index (κ2) is 8.59. The first-order valence-electron chi connectivity index (χ1n) is 7.98. The van der Waals surface area contributed by atoms with E-state index in [2.05, 4.69) is 21.2 Å². The minimum Gasteiger partial charge on any atom is -0.378 e. The molecule has 10 heteroatoms. The van der Waals surface area contributed by atoms with E-state index in [9.17, 15) is 14.0 Å². The van der Waals surface area contributed by atoms with Crippen LogP contribution in [0.4, 0.5) is 14.3 Å². The summed E-state index contributed by atoms with van der Waals surface area (Å²) in [6.07, 6.45) is 0. The van der Waals surface area contributed by atoms with Gasteiger partial charge in [0.2, 0.25) is 0 Å². The van der Waals surface area contributed by atoms with Crippen LogP contribution in [0, 0.1) is 5.82 Å². The number of hydrazine groups is 1. The van der Waals surface area contributed by atoms with Gasteiger partial charge < -0.3 is 15.0 Å². The summed E-state index contributed by atoms with van der Waals surface area (Å²) in [4.78, 5) is 30.1. The number of carbonyl (C=O) groups is 2. The zero-order valence-corrected chi connectivity index (χ0v) is 14.6. The summed E-state index contributed by atoms with van der Waals surface area (Å²) in [7, 11) is 0. The fourth-order valence-electron chi connectivity index (χ4n) is 2.27. The van der Waals surface area contributed by atoms with Gasteiger partial charge in [0.05, 0.1) is 13.2 Å². The fourth-order valence-corrected chi connectivity index (χ4v) is 3.13. The molecule has 0 spiro atoms. The summed E-state index contributed by atoms with van der Waals surface area (Å²) in [5.74, 6) is -0.845. The van der Waals surface area contributed by atoms with Crippen LogP contribution >= 0.6 is 11.3 Å². The molecule has 3 amide bonds. The molecule has 1 saturated heterocycles. The molecule has 3 N–H and O–H groups in total. The zero-order valence-electron chi connectivity index (χ0n) is 13.8. The van der Waals surface area contributed by atoms with Crippen LogP contribution in [0.15, 0.2) is 29.6 Å². The standard InChI is InChI=1S/C16H18FN5O3S/c17-12-3-1-11(2-4-12)9-18-15(24)21-20-14(23)13-10-26-16(19-13)22-5-7-25-8-6-22/h1-4,10H,5-9H2,(H,20,23)(H2,18,21,24). The Hall–Kier alpha value is -2.72. The number of nitrogens with one attached hydrogen (secondary N) is 3. The van der Waals surface area contributed by atoms with E-state index in [4.69, 9.17) is 4.74 Å². The number of thiazole rings is 1. The van der Waals surface area contributed by atoms with Crippen LogP contribution in [-0.4, -0.2) is 43.2 Å². The minimum atomic E-state index is -0.577. The van der Waals surface area contributed by atoms with Crippen LogP contribution in [0.5, 0.6) is 0 Å². The largest absolute Gasteiger partial charge is 0.378 e. The zero-order chi connectivity index (χ0) is 18.4. The van der Waals surface area contributed by atoms with Crippen LogP contribution in [-0.2, 0) is 11.3 Å². The monoisotopic (exact) mass is 379 g/mol. The molecular formula is C16H18FN5O3S. The molecule has 1 aliphatic heterocycles. The van der Waals surface area contributed by atoms with Crippen LogP contribution < -0.4 is 21.1 Å². The number of morpholine rings is 1. The first kappa shape index (κ1) is 18.1. The normalized spacial score (nSPS) is 14.0. The van der Waals surface area contributed by atoms with Crippen molar-refractivity contribution >= 4 is 28.4 Å². The molecule has 2 heterocycles. The Morgan fingerprint density at radius 1 is 1.19 bits per heavy atom. The molecular weight excluding hydrogens is 361 g/mol. The van der Waals surface area contributed by atoms with E-state index in [1.165, 1.54) is 23.5 Å². The molecule has 1 aliphatic rings. The summed E-state index contributed by atoms with van der Waals surface area (Å²) in [6, 6.07) is 5.18. The quantitative estimate of drug-likeness (QED) is 0.696. The Bertz CT molecular complexity index is 762. The predicted octanol–water partition coefficient (Wildman–Crippen LogP) is 1.26. The third-order valence-corrected chi connectivity index (χ3v) is 4.56. The van der Waals surface area contributed by atoms with Crippen LogP contribution in [0.25, 0.3) is 0 Å². The van der Waals surface area contributed by atoms with Crippen molar-refractivity contribution in [2.75, 3.05) is 31.2 Å². The predicted molar refractivity (Wildman–Crippen MR) is 94.4 cm³/mol. The van der Waals surface area contributed by atoms with Gasteiger partial charge in [-0.25, -0.2) is 19.6 Å². The number of aromatic nitrogens is 1. The van der Waals surface area contributed by atoms with Crippen LogP contribution in [0.1, 0.15) is 16.1 Å². The van der Waals surface area contributed by atoms with Gasteiger partial charge in [0, 0.05) is 25.0 Å². The molecule has 0 atom stereocenters. The highest BCUT2D eigenvalue weighted by atomic mass is 32.1. The number of hydrogen-bond donors (Lipinski definition) is 3. The number of benzene rings is 1. The lowest BCUT2D eigenvalue weighted by atomic mass is 10.2.